The molecule has 0 aliphatic carbocycles. The molecule has 2 rings (SSSR count). The van der Waals surface area contributed by atoms with E-state index in [1.165, 1.54) is 6.07 Å². The summed E-state index contributed by atoms with van der Waals surface area (Å²) in [5.74, 6) is 0.145. The van der Waals surface area contributed by atoms with Crippen LogP contribution in [-0.4, -0.2) is 27.7 Å². The van der Waals surface area contributed by atoms with E-state index < -0.39 is 5.97 Å². The van der Waals surface area contributed by atoms with Crippen LogP contribution in [0.4, 0.5) is 11.5 Å². The fourth-order valence-electron chi connectivity index (χ4n) is 1.69. The van der Waals surface area contributed by atoms with E-state index in [2.05, 4.69) is 15.3 Å². The summed E-state index contributed by atoms with van der Waals surface area (Å²) in [5.41, 5.74) is 1.41. The minimum Gasteiger partial charge on any atom is -0.478 e. The van der Waals surface area contributed by atoms with Crippen LogP contribution in [0.3, 0.4) is 0 Å². The first kappa shape index (κ1) is 13.8. The lowest BCUT2D eigenvalue weighted by Gasteiger charge is -2.08. The van der Waals surface area contributed by atoms with Crippen molar-refractivity contribution in [2.75, 3.05) is 11.9 Å². The number of rotatable bonds is 5. The molecule has 104 valence electrons. The average molecular weight is 273 g/mol. The number of pyridine rings is 2. The van der Waals surface area contributed by atoms with Gasteiger partial charge in [-0.15, -0.1) is 0 Å². The van der Waals surface area contributed by atoms with Crippen molar-refractivity contribution in [3.05, 3.63) is 41.7 Å². The predicted molar refractivity (Wildman–Crippen MR) is 74.6 cm³/mol. The van der Waals surface area contributed by atoms with Gasteiger partial charge in [-0.3, -0.25) is 0 Å². The van der Waals surface area contributed by atoms with Gasteiger partial charge in [-0.05, 0) is 32.0 Å². The van der Waals surface area contributed by atoms with Crippen LogP contribution in [-0.2, 0) is 0 Å². The van der Waals surface area contributed by atoms with Crippen LogP contribution >= 0.6 is 0 Å². The topological polar surface area (TPSA) is 84.3 Å². The maximum atomic E-state index is 10.9. The molecule has 0 saturated heterocycles. The number of anilines is 2. The zero-order valence-corrected chi connectivity index (χ0v) is 11.3. The summed E-state index contributed by atoms with van der Waals surface area (Å²) in [6.07, 6.45) is 1.63. The van der Waals surface area contributed by atoms with Crippen molar-refractivity contribution in [3.8, 4) is 5.88 Å². The van der Waals surface area contributed by atoms with E-state index in [-0.39, 0.29) is 5.56 Å². The SMILES string of the molecule is CCOc1ccc(Nc2ccc(C(=O)O)c(C)n2)cn1. The molecule has 0 atom stereocenters. The number of hydrogen-bond acceptors (Lipinski definition) is 5. The van der Waals surface area contributed by atoms with Crippen molar-refractivity contribution in [2.24, 2.45) is 0 Å². The molecule has 6 nitrogen and oxygen atoms in total. The lowest BCUT2D eigenvalue weighted by atomic mass is 10.2. The van der Waals surface area contributed by atoms with Crippen molar-refractivity contribution in [1.29, 1.82) is 0 Å². The Morgan fingerprint density at radius 1 is 1.35 bits per heavy atom. The number of aryl methyl sites for hydroxylation is 1. The molecule has 2 aromatic heterocycles. The Labute approximate surface area is 116 Å². The summed E-state index contributed by atoms with van der Waals surface area (Å²) in [6, 6.07) is 6.71. The van der Waals surface area contributed by atoms with Crippen molar-refractivity contribution in [2.45, 2.75) is 13.8 Å². The molecule has 6 heteroatoms. The Balaban J connectivity index is 2.13. The first-order valence-electron chi connectivity index (χ1n) is 6.17. The summed E-state index contributed by atoms with van der Waals surface area (Å²) < 4.78 is 5.25. The van der Waals surface area contributed by atoms with Crippen molar-refractivity contribution < 1.29 is 14.6 Å². The summed E-state index contributed by atoms with van der Waals surface area (Å²) in [4.78, 5) is 19.2. The van der Waals surface area contributed by atoms with Gasteiger partial charge >= 0.3 is 5.97 Å². The number of nitrogens with zero attached hydrogens (tertiary/aromatic N) is 2. The molecule has 0 unspecified atom stereocenters. The fraction of sp³-hybridized carbons (Fsp3) is 0.214. The number of hydrogen-bond donors (Lipinski definition) is 2. The molecule has 0 amide bonds. The van der Waals surface area contributed by atoms with E-state index in [1.54, 1.807) is 25.3 Å². The summed E-state index contributed by atoms with van der Waals surface area (Å²) in [5, 5.41) is 12.0. The van der Waals surface area contributed by atoms with Gasteiger partial charge in [0.1, 0.15) is 5.82 Å². The Morgan fingerprint density at radius 2 is 2.15 bits per heavy atom. The molecule has 0 aliphatic rings. The molecule has 0 bridgehead atoms. The van der Waals surface area contributed by atoms with E-state index in [1.807, 2.05) is 13.0 Å². The van der Waals surface area contributed by atoms with E-state index in [4.69, 9.17) is 9.84 Å². The first-order chi connectivity index (χ1) is 9.60. The van der Waals surface area contributed by atoms with Crippen LogP contribution in [0.15, 0.2) is 30.5 Å². The molecular formula is C14H15N3O3. The highest BCUT2D eigenvalue weighted by molar-refractivity contribution is 5.89. The van der Waals surface area contributed by atoms with Gasteiger partial charge in [-0.2, -0.15) is 0 Å². The normalized spacial score (nSPS) is 10.1. The minimum atomic E-state index is -0.982. The molecule has 0 fully saturated rings. The monoisotopic (exact) mass is 273 g/mol. The number of carbonyl (C=O) groups is 1. The number of ether oxygens (including phenoxy) is 1. The predicted octanol–water partition coefficient (Wildman–Crippen LogP) is 2.63. The smallest absolute Gasteiger partial charge is 0.337 e. The Kier molecular flexibility index (Phi) is 4.14. The lowest BCUT2D eigenvalue weighted by Crippen LogP contribution is -2.03. The van der Waals surface area contributed by atoms with Gasteiger partial charge in [-0.1, -0.05) is 0 Å². The fourth-order valence-corrected chi connectivity index (χ4v) is 1.69. The zero-order valence-electron chi connectivity index (χ0n) is 11.3. The van der Waals surface area contributed by atoms with Crippen LogP contribution in [0.25, 0.3) is 0 Å². The number of aromatic carboxylic acids is 1. The molecule has 20 heavy (non-hydrogen) atoms. The van der Waals surface area contributed by atoms with Gasteiger partial charge in [0.05, 0.1) is 29.7 Å². The third kappa shape index (κ3) is 3.23. The molecule has 2 N–H and O–H groups in total. The second-order valence-electron chi connectivity index (χ2n) is 4.08. The summed E-state index contributed by atoms with van der Waals surface area (Å²) in [7, 11) is 0. The standard InChI is InChI=1S/C14H15N3O3/c1-3-20-13-7-4-10(8-15-13)17-12-6-5-11(14(18)19)9(2)16-12/h4-8H,3H2,1-2H3,(H,16,17)(H,18,19). The number of nitrogens with one attached hydrogen (secondary N) is 1. The van der Waals surface area contributed by atoms with Crippen molar-refractivity contribution in [3.63, 3.8) is 0 Å². The molecule has 2 aromatic rings. The summed E-state index contributed by atoms with van der Waals surface area (Å²) in [6.45, 7) is 4.12. The molecule has 0 saturated carbocycles. The van der Waals surface area contributed by atoms with Crippen LogP contribution in [0.2, 0.25) is 0 Å². The van der Waals surface area contributed by atoms with E-state index in [9.17, 15) is 4.79 Å². The summed E-state index contributed by atoms with van der Waals surface area (Å²) >= 11 is 0. The first-order valence-corrected chi connectivity index (χ1v) is 6.17. The zero-order chi connectivity index (χ0) is 14.5. The number of carboxylic acids is 1. The van der Waals surface area contributed by atoms with E-state index in [0.29, 0.717) is 24.0 Å². The van der Waals surface area contributed by atoms with Crippen molar-refractivity contribution in [1.82, 2.24) is 9.97 Å². The average Bonchev–Trinajstić information content (AvgIpc) is 2.41. The van der Waals surface area contributed by atoms with Crippen molar-refractivity contribution >= 4 is 17.5 Å². The quantitative estimate of drug-likeness (QED) is 0.871. The molecular weight excluding hydrogens is 258 g/mol. The lowest BCUT2D eigenvalue weighted by molar-refractivity contribution is 0.0695. The van der Waals surface area contributed by atoms with Gasteiger partial charge in [0, 0.05) is 6.07 Å². The highest BCUT2D eigenvalue weighted by atomic mass is 16.5. The third-order valence-electron chi connectivity index (χ3n) is 2.62. The van der Waals surface area contributed by atoms with Gasteiger partial charge < -0.3 is 15.2 Å². The van der Waals surface area contributed by atoms with Gasteiger partial charge in [0.15, 0.2) is 0 Å². The van der Waals surface area contributed by atoms with Crippen LogP contribution in [0, 0.1) is 6.92 Å². The Morgan fingerprint density at radius 3 is 2.70 bits per heavy atom. The van der Waals surface area contributed by atoms with Crippen LogP contribution in [0.5, 0.6) is 5.88 Å². The van der Waals surface area contributed by atoms with Gasteiger partial charge in [0.25, 0.3) is 0 Å². The second-order valence-corrected chi connectivity index (χ2v) is 4.08. The molecule has 2 heterocycles. The minimum absolute atomic E-state index is 0.195. The maximum absolute atomic E-state index is 10.9. The molecule has 0 spiro atoms. The molecule has 0 aliphatic heterocycles. The maximum Gasteiger partial charge on any atom is 0.337 e. The van der Waals surface area contributed by atoms with Gasteiger partial charge in [0.2, 0.25) is 5.88 Å². The van der Waals surface area contributed by atoms with Crippen LogP contribution < -0.4 is 10.1 Å². The highest BCUT2D eigenvalue weighted by Crippen LogP contribution is 2.17. The largest absolute Gasteiger partial charge is 0.478 e. The molecule has 0 aromatic carbocycles. The number of carboxylic acid groups (broad SMARTS) is 1. The highest BCUT2D eigenvalue weighted by Gasteiger charge is 2.08. The Bertz CT molecular complexity index is 612. The second kappa shape index (κ2) is 6.01. The van der Waals surface area contributed by atoms with Gasteiger partial charge in [-0.25, -0.2) is 14.8 Å². The number of aromatic nitrogens is 2. The van der Waals surface area contributed by atoms with Crippen LogP contribution in [0.1, 0.15) is 23.0 Å². The Hall–Kier alpha value is -2.63. The third-order valence-corrected chi connectivity index (χ3v) is 2.62. The molecule has 0 radical (unpaired) electrons. The van der Waals surface area contributed by atoms with E-state index in [0.717, 1.165) is 5.69 Å². The van der Waals surface area contributed by atoms with E-state index >= 15 is 0 Å².